The Morgan fingerprint density at radius 1 is 1.15 bits per heavy atom. The van der Waals surface area contributed by atoms with Crippen molar-refractivity contribution in [2.45, 2.75) is 59.8 Å². The molecule has 4 unspecified atom stereocenters. The number of hydrogen-bond donors (Lipinski definition) is 0. The fourth-order valence-corrected chi connectivity index (χ4v) is 2.66. The third kappa shape index (κ3) is 3.00. The van der Waals surface area contributed by atoms with Crippen LogP contribution in [0.3, 0.4) is 0 Å². The molecule has 0 aromatic carbocycles. The molecule has 0 N–H and O–H groups in total. The van der Waals surface area contributed by atoms with E-state index >= 15 is 0 Å². The van der Waals surface area contributed by atoms with Gasteiger partial charge in [0.25, 0.3) is 0 Å². The van der Waals surface area contributed by atoms with E-state index < -0.39 is 0 Å². The zero-order chi connectivity index (χ0) is 9.84. The van der Waals surface area contributed by atoms with Crippen LogP contribution in [-0.4, -0.2) is 0 Å². The smallest absolute Gasteiger partial charge is 0.0386 e. The van der Waals surface area contributed by atoms with Crippen molar-refractivity contribution in [3.8, 4) is 0 Å². The second-order valence-electron chi connectivity index (χ2n) is 5.27. The first-order chi connectivity index (χ1) is 6.15. The maximum atomic E-state index is 2.45. The molecule has 0 saturated heterocycles. The van der Waals surface area contributed by atoms with Gasteiger partial charge in [0.2, 0.25) is 0 Å². The zero-order valence-corrected chi connectivity index (χ0v) is 9.84. The molecule has 13 heavy (non-hydrogen) atoms. The second kappa shape index (κ2) is 5.02. The normalized spacial score (nSPS) is 38.3. The highest BCUT2D eigenvalue weighted by molar-refractivity contribution is 4.75. The second-order valence-corrected chi connectivity index (χ2v) is 5.27. The topological polar surface area (TPSA) is 0 Å². The summed E-state index contributed by atoms with van der Waals surface area (Å²) in [5.74, 6) is 3.90. The summed E-state index contributed by atoms with van der Waals surface area (Å²) in [7, 11) is 0. The Bertz CT molecular complexity index is 139. The molecule has 0 amide bonds. The van der Waals surface area contributed by atoms with Crippen LogP contribution < -0.4 is 0 Å². The van der Waals surface area contributed by atoms with Gasteiger partial charge in [-0.2, -0.15) is 0 Å². The van der Waals surface area contributed by atoms with Gasteiger partial charge >= 0.3 is 0 Å². The Labute approximate surface area is 84.1 Å². The van der Waals surface area contributed by atoms with E-state index in [1.807, 2.05) is 0 Å². The van der Waals surface area contributed by atoms with Gasteiger partial charge in [-0.3, -0.25) is 0 Å². The lowest BCUT2D eigenvalue weighted by Crippen LogP contribution is -2.14. The van der Waals surface area contributed by atoms with Gasteiger partial charge < -0.3 is 0 Å². The molecule has 0 heteroatoms. The monoisotopic (exact) mass is 182 g/mol. The van der Waals surface area contributed by atoms with E-state index in [9.17, 15) is 0 Å². The van der Waals surface area contributed by atoms with Crippen molar-refractivity contribution < 1.29 is 0 Å². The van der Waals surface area contributed by atoms with E-state index in [1.165, 1.54) is 32.1 Å². The summed E-state index contributed by atoms with van der Waals surface area (Å²) in [6, 6.07) is 0. The number of rotatable bonds is 2. The van der Waals surface area contributed by atoms with Gasteiger partial charge in [0.15, 0.2) is 0 Å². The minimum absolute atomic E-state index is 0.952. The Hall–Kier alpha value is 0. The summed E-state index contributed by atoms with van der Waals surface area (Å²) < 4.78 is 0. The van der Waals surface area contributed by atoms with Gasteiger partial charge in [-0.25, -0.2) is 0 Å². The minimum Gasteiger partial charge on any atom is -0.0651 e. The molecule has 1 fully saturated rings. The SMILES string of the molecule is CCC(C)C1CCCC(C)C(C)C1. The van der Waals surface area contributed by atoms with E-state index in [0.29, 0.717) is 0 Å². The van der Waals surface area contributed by atoms with E-state index in [2.05, 4.69) is 27.7 Å². The molecule has 0 spiro atoms. The molecule has 1 aliphatic carbocycles. The molecule has 78 valence electrons. The largest absolute Gasteiger partial charge is 0.0651 e. The van der Waals surface area contributed by atoms with Crippen LogP contribution in [0.1, 0.15) is 59.8 Å². The summed E-state index contributed by atoms with van der Waals surface area (Å²) in [5.41, 5.74) is 0. The molecule has 0 nitrogen and oxygen atoms in total. The Balaban J connectivity index is 2.48. The highest BCUT2D eigenvalue weighted by atomic mass is 14.3. The molecule has 1 rings (SSSR count). The fraction of sp³-hybridized carbons (Fsp3) is 1.00. The average molecular weight is 182 g/mol. The summed E-state index contributed by atoms with van der Waals surface area (Å²) in [6.07, 6.45) is 7.28. The van der Waals surface area contributed by atoms with Crippen LogP contribution in [0.5, 0.6) is 0 Å². The molecule has 0 aromatic rings. The zero-order valence-electron chi connectivity index (χ0n) is 9.84. The quantitative estimate of drug-likeness (QED) is 0.552. The van der Waals surface area contributed by atoms with Gasteiger partial charge in [0.05, 0.1) is 0 Å². The lowest BCUT2D eigenvalue weighted by Gasteiger charge is -2.24. The van der Waals surface area contributed by atoms with Crippen molar-refractivity contribution in [1.29, 1.82) is 0 Å². The van der Waals surface area contributed by atoms with Gasteiger partial charge in [-0.15, -0.1) is 0 Å². The van der Waals surface area contributed by atoms with E-state index in [-0.39, 0.29) is 0 Å². The molecular formula is C13H26. The van der Waals surface area contributed by atoms with Crippen molar-refractivity contribution in [1.82, 2.24) is 0 Å². The Morgan fingerprint density at radius 3 is 2.46 bits per heavy atom. The van der Waals surface area contributed by atoms with E-state index in [1.54, 1.807) is 0 Å². The first-order valence-corrected chi connectivity index (χ1v) is 6.15. The molecule has 0 radical (unpaired) electrons. The van der Waals surface area contributed by atoms with Gasteiger partial charge in [0, 0.05) is 0 Å². The van der Waals surface area contributed by atoms with Gasteiger partial charge in [-0.1, -0.05) is 53.4 Å². The summed E-state index contributed by atoms with van der Waals surface area (Å²) in [4.78, 5) is 0. The van der Waals surface area contributed by atoms with Crippen LogP contribution >= 0.6 is 0 Å². The van der Waals surface area contributed by atoms with Crippen molar-refractivity contribution >= 4 is 0 Å². The summed E-state index contributed by atoms with van der Waals surface area (Å²) >= 11 is 0. The molecule has 0 aromatic heterocycles. The lowest BCUT2D eigenvalue weighted by atomic mass is 9.82. The maximum Gasteiger partial charge on any atom is -0.0386 e. The standard InChI is InChI=1S/C13H26/c1-5-10(2)13-8-6-7-11(3)12(4)9-13/h10-13H,5-9H2,1-4H3. The molecule has 0 aliphatic heterocycles. The molecule has 0 bridgehead atoms. The Morgan fingerprint density at radius 2 is 1.85 bits per heavy atom. The van der Waals surface area contributed by atoms with E-state index in [4.69, 9.17) is 0 Å². The first kappa shape index (κ1) is 11.1. The third-order valence-electron chi connectivity index (χ3n) is 4.33. The van der Waals surface area contributed by atoms with Crippen LogP contribution in [0.25, 0.3) is 0 Å². The lowest BCUT2D eigenvalue weighted by molar-refractivity contribution is 0.264. The van der Waals surface area contributed by atoms with Crippen molar-refractivity contribution in [2.75, 3.05) is 0 Å². The first-order valence-electron chi connectivity index (χ1n) is 6.15. The molecule has 4 atom stereocenters. The third-order valence-corrected chi connectivity index (χ3v) is 4.33. The van der Waals surface area contributed by atoms with Crippen LogP contribution in [0, 0.1) is 23.7 Å². The summed E-state index contributed by atoms with van der Waals surface area (Å²) in [6.45, 7) is 9.66. The van der Waals surface area contributed by atoms with Crippen LogP contribution in [0.15, 0.2) is 0 Å². The Kier molecular flexibility index (Phi) is 4.28. The predicted octanol–water partition coefficient (Wildman–Crippen LogP) is 4.49. The van der Waals surface area contributed by atoms with Crippen molar-refractivity contribution in [3.63, 3.8) is 0 Å². The van der Waals surface area contributed by atoms with Gasteiger partial charge in [-0.05, 0) is 30.1 Å². The number of hydrogen-bond acceptors (Lipinski definition) is 0. The molecule has 1 saturated carbocycles. The van der Waals surface area contributed by atoms with Crippen molar-refractivity contribution in [3.05, 3.63) is 0 Å². The summed E-state index contributed by atoms with van der Waals surface area (Å²) in [5, 5.41) is 0. The van der Waals surface area contributed by atoms with Gasteiger partial charge in [0.1, 0.15) is 0 Å². The molecule has 1 aliphatic rings. The minimum atomic E-state index is 0.952. The van der Waals surface area contributed by atoms with Crippen molar-refractivity contribution in [2.24, 2.45) is 23.7 Å². The average Bonchev–Trinajstić information content (AvgIpc) is 2.28. The van der Waals surface area contributed by atoms with Crippen LogP contribution in [0.2, 0.25) is 0 Å². The predicted molar refractivity (Wildman–Crippen MR) is 59.7 cm³/mol. The maximum absolute atomic E-state index is 2.45. The highest BCUT2D eigenvalue weighted by Crippen LogP contribution is 2.36. The highest BCUT2D eigenvalue weighted by Gasteiger charge is 2.24. The van der Waals surface area contributed by atoms with Crippen LogP contribution in [0.4, 0.5) is 0 Å². The van der Waals surface area contributed by atoms with E-state index in [0.717, 1.165) is 23.7 Å². The van der Waals surface area contributed by atoms with Crippen LogP contribution in [-0.2, 0) is 0 Å². The molecule has 0 heterocycles. The fourth-order valence-electron chi connectivity index (χ4n) is 2.66. The molecular weight excluding hydrogens is 156 g/mol.